The van der Waals surface area contributed by atoms with Crippen LogP contribution in [0.2, 0.25) is 0 Å². The van der Waals surface area contributed by atoms with Crippen molar-refractivity contribution in [2.24, 2.45) is 0 Å². The maximum absolute atomic E-state index is 13.0. The topological polar surface area (TPSA) is 89.8 Å². The van der Waals surface area contributed by atoms with E-state index in [1.54, 1.807) is 42.5 Å². The van der Waals surface area contributed by atoms with E-state index in [0.717, 1.165) is 9.79 Å². The Labute approximate surface area is 200 Å². The molecule has 4 aromatic rings. The summed E-state index contributed by atoms with van der Waals surface area (Å²) in [4.78, 5) is 27.0. The molecule has 0 fully saturated rings. The van der Waals surface area contributed by atoms with Crippen molar-refractivity contribution in [3.05, 3.63) is 96.4 Å². The monoisotopic (exact) mass is 472 g/mol. The summed E-state index contributed by atoms with van der Waals surface area (Å²) >= 11 is 1.53. The zero-order chi connectivity index (χ0) is 23.3. The quantitative estimate of drug-likeness (QED) is 0.374. The number of benzene rings is 3. The number of rotatable bonds is 6. The summed E-state index contributed by atoms with van der Waals surface area (Å²) in [5.41, 5.74) is 1.62. The third-order valence-electron chi connectivity index (χ3n) is 5.01. The molecule has 2 N–H and O–H groups in total. The normalized spacial score (nSPS) is 12.1. The van der Waals surface area contributed by atoms with Gasteiger partial charge in [0.15, 0.2) is 17.3 Å². The molecule has 3 aromatic carbocycles. The van der Waals surface area contributed by atoms with Crippen molar-refractivity contribution >= 4 is 35.0 Å². The highest BCUT2D eigenvalue weighted by Crippen LogP contribution is 2.42. The second-order valence-electron chi connectivity index (χ2n) is 7.37. The van der Waals surface area contributed by atoms with Gasteiger partial charge in [0.2, 0.25) is 0 Å². The predicted molar refractivity (Wildman–Crippen MR) is 129 cm³/mol. The van der Waals surface area contributed by atoms with Crippen LogP contribution in [0.3, 0.4) is 0 Å². The molecule has 1 aliphatic heterocycles. The second-order valence-corrected chi connectivity index (χ2v) is 8.49. The van der Waals surface area contributed by atoms with E-state index in [0.29, 0.717) is 41.7 Å². The molecule has 0 bridgehead atoms. The van der Waals surface area contributed by atoms with Gasteiger partial charge in [0.1, 0.15) is 13.2 Å². The molecule has 0 aliphatic carbocycles. The molecule has 0 radical (unpaired) electrons. The van der Waals surface area contributed by atoms with E-state index in [9.17, 15) is 9.59 Å². The van der Waals surface area contributed by atoms with Crippen LogP contribution < -0.4 is 20.1 Å². The Kier molecular flexibility index (Phi) is 6.22. The number of carbonyl (C=O) groups excluding carboxylic acids is 2. The Morgan fingerprint density at radius 3 is 2.21 bits per heavy atom. The van der Waals surface area contributed by atoms with E-state index in [1.807, 2.05) is 36.4 Å². The molecule has 0 atom stereocenters. The first-order valence-corrected chi connectivity index (χ1v) is 11.4. The first kappa shape index (κ1) is 21.7. The fourth-order valence-electron chi connectivity index (χ4n) is 3.37. The minimum absolute atomic E-state index is 0.212. The number of ether oxygens (including phenoxy) is 2. The van der Waals surface area contributed by atoms with E-state index in [4.69, 9.17) is 13.9 Å². The largest absolute Gasteiger partial charge is 0.486 e. The van der Waals surface area contributed by atoms with Gasteiger partial charge in [-0.2, -0.15) is 0 Å². The number of hydrogen-bond acceptors (Lipinski definition) is 6. The number of amides is 2. The van der Waals surface area contributed by atoms with Crippen LogP contribution in [-0.2, 0) is 0 Å². The molecule has 2 heterocycles. The van der Waals surface area contributed by atoms with Crippen molar-refractivity contribution in [1.82, 2.24) is 0 Å². The molecular formula is C26H20N2O5S. The van der Waals surface area contributed by atoms with Crippen LogP contribution in [0.4, 0.5) is 11.4 Å². The average Bonchev–Trinajstić information content (AvgIpc) is 3.41. The molecule has 170 valence electrons. The number of hydrogen-bond donors (Lipinski definition) is 2. The Balaban J connectivity index is 1.34. The van der Waals surface area contributed by atoms with Crippen LogP contribution in [0, 0.1) is 0 Å². The minimum Gasteiger partial charge on any atom is -0.486 e. The standard InChI is InChI=1S/C26H20N2O5S/c29-25(17-8-10-18(11-9-17)27-26(30)21-7-4-12-31-21)28-20-15-22-23(33-14-13-32-22)16-24(20)34-19-5-2-1-3-6-19/h1-12,15-16H,13-14H2,(H,27,30)(H,28,29). The predicted octanol–water partition coefficient (Wildman–Crippen LogP) is 5.71. The van der Waals surface area contributed by atoms with E-state index >= 15 is 0 Å². The molecule has 1 aliphatic rings. The highest BCUT2D eigenvalue weighted by molar-refractivity contribution is 7.99. The molecule has 0 saturated heterocycles. The average molecular weight is 473 g/mol. The summed E-state index contributed by atoms with van der Waals surface area (Å²) in [6.07, 6.45) is 1.44. The molecule has 2 amide bonds. The molecule has 0 spiro atoms. The minimum atomic E-state index is -0.360. The van der Waals surface area contributed by atoms with Crippen LogP contribution in [0.5, 0.6) is 11.5 Å². The summed E-state index contributed by atoms with van der Waals surface area (Å²) < 4.78 is 16.5. The van der Waals surface area contributed by atoms with Gasteiger partial charge in [-0.3, -0.25) is 9.59 Å². The fourth-order valence-corrected chi connectivity index (χ4v) is 4.30. The van der Waals surface area contributed by atoms with Crippen molar-refractivity contribution in [2.75, 3.05) is 23.8 Å². The van der Waals surface area contributed by atoms with Crippen molar-refractivity contribution in [3.8, 4) is 11.5 Å². The Hall–Kier alpha value is -4.17. The summed E-state index contributed by atoms with van der Waals surface area (Å²) in [6.45, 7) is 0.938. The Morgan fingerprint density at radius 1 is 0.765 bits per heavy atom. The van der Waals surface area contributed by atoms with E-state index in [1.165, 1.54) is 18.0 Å². The Morgan fingerprint density at radius 2 is 1.50 bits per heavy atom. The highest BCUT2D eigenvalue weighted by Gasteiger charge is 2.19. The maximum Gasteiger partial charge on any atom is 0.291 e. The van der Waals surface area contributed by atoms with Crippen LogP contribution in [0.25, 0.3) is 0 Å². The summed E-state index contributed by atoms with van der Waals surface area (Å²) in [5.74, 6) is 0.815. The molecule has 34 heavy (non-hydrogen) atoms. The lowest BCUT2D eigenvalue weighted by Crippen LogP contribution is -2.17. The van der Waals surface area contributed by atoms with Gasteiger partial charge in [-0.05, 0) is 48.5 Å². The van der Waals surface area contributed by atoms with E-state index < -0.39 is 0 Å². The number of fused-ring (bicyclic) bond motifs is 1. The number of nitrogens with one attached hydrogen (secondary N) is 2. The van der Waals surface area contributed by atoms with E-state index in [2.05, 4.69) is 10.6 Å². The summed E-state index contributed by atoms with van der Waals surface area (Å²) in [5, 5.41) is 5.71. The highest BCUT2D eigenvalue weighted by atomic mass is 32.2. The third-order valence-corrected chi connectivity index (χ3v) is 6.08. The number of furan rings is 1. The van der Waals surface area contributed by atoms with Gasteiger partial charge >= 0.3 is 0 Å². The van der Waals surface area contributed by atoms with Gasteiger partial charge in [0.05, 0.1) is 12.0 Å². The maximum atomic E-state index is 13.0. The molecule has 5 rings (SSSR count). The molecule has 1 aromatic heterocycles. The lowest BCUT2D eigenvalue weighted by atomic mass is 10.1. The van der Waals surface area contributed by atoms with Gasteiger partial charge in [-0.15, -0.1) is 0 Å². The zero-order valence-electron chi connectivity index (χ0n) is 17.9. The third kappa shape index (κ3) is 4.92. The van der Waals surface area contributed by atoms with Gasteiger partial charge in [0.25, 0.3) is 11.8 Å². The van der Waals surface area contributed by atoms with Crippen molar-refractivity contribution < 1.29 is 23.5 Å². The van der Waals surface area contributed by atoms with E-state index in [-0.39, 0.29) is 17.6 Å². The van der Waals surface area contributed by atoms with Crippen LogP contribution in [-0.4, -0.2) is 25.0 Å². The first-order chi connectivity index (χ1) is 16.7. The van der Waals surface area contributed by atoms with Crippen LogP contribution in [0.15, 0.2) is 99.3 Å². The zero-order valence-corrected chi connectivity index (χ0v) is 18.8. The van der Waals surface area contributed by atoms with Gasteiger partial charge in [-0.1, -0.05) is 30.0 Å². The van der Waals surface area contributed by atoms with Crippen LogP contribution in [0.1, 0.15) is 20.9 Å². The van der Waals surface area contributed by atoms with Crippen LogP contribution >= 0.6 is 11.8 Å². The second kappa shape index (κ2) is 9.76. The lowest BCUT2D eigenvalue weighted by Gasteiger charge is -2.21. The number of anilines is 2. The fraction of sp³-hybridized carbons (Fsp3) is 0.0769. The summed E-state index contributed by atoms with van der Waals surface area (Å²) in [7, 11) is 0. The smallest absolute Gasteiger partial charge is 0.291 e. The SMILES string of the molecule is O=C(Nc1cc2c(cc1Sc1ccccc1)OCCO2)c1ccc(NC(=O)c2ccco2)cc1. The molecule has 7 nitrogen and oxygen atoms in total. The van der Waals surface area contributed by atoms with Gasteiger partial charge < -0.3 is 24.5 Å². The van der Waals surface area contributed by atoms with Crippen molar-refractivity contribution in [2.45, 2.75) is 9.79 Å². The lowest BCUT2D eigenvalue weighted by molar-refractivity contribution is 0.0995. The summed E-state index contributed by atoms with van der Waals surface area (Å²) in [6, 6.07) is 23.4. The molecule has 0 unspecified atom stereocenters. The molecular weight excluding hydrogens is 452 g/mol. The van der Waals surface area contributed by atoms with Crippen molar-refractivity contribution in [1.29, 1.82) is 0 Å². The van der Waals surface area contributed by atoms with Crippen molar-refractivity contribution in [3.63, 3.8) is 0 Å². The Bertz CT molecular complexity index is 1310. The number of carbonyl (C=O) groups is 2. The van der Waals surface area contributed by atoms with Gasteiger partial charge in [0, 0.05) is 33.2 Å². The molecule has 8 heteroatoms. The first-order valence-electron chi connectivity index (χ1n) is 10.6. The molecule has 0 saturated carbocycles. The van der Waals surface area contributed by atoms with Gasteiger partial charge in [-0.25, -0.2) is 0 Å².